The fourth-order valence-electron chi connectivity index (χ4n) is 1.78. The average Bonchev–Trinajstić information content (AvgIpc) is 2.19. The minimum absolute atomic E-state index is 0.0721. The molecule has 0 radical (unpaired) electrons. The molecule has 1 heterocycles. The smallest absolute Gasteiger partial charge is 0.139 e. The van der Waals surface area contributed by atoms with Gasteiger partial charge in [0.2, 0.25) is 0 Å². The summed E-state index contributed by atoms with van der Waals surface area (Å²) in [5.74, 6) is 1.01. The van der Waals surface area contributed by atoms with E-state index in [4.69, 9.17) is 33.7 Å². The lowest BCUT2D eigenvalue weighted by molar-refractivity contribution is 0.295. The number of halogens is 2. The summed E-state index contributed by atoms with van der Waals surface area (Å²) in [5, 5.41) is 4.12. The summed E-state index contributed by atoms with van der Waals surface area (Å²) >= 11 is 12.3. The zero-order chi connectivity index (χ0) is 11.7. The van der Waals surface area contributed by atoms with Crippen LogP contribution in [-0.2, 0) is 0 Å². The van der Waals surface area contributed by atoms with Crippen LogP contribution in [0.4, 0.5) is 0 Å². The molecule has 0 bridgehead atoms. The van der Waals surface area contributed by atoms with Crippen molar-refractivity contribution in [2.24, 2.45) is 11.7 Å². The summed E-state index contributed by atoms with van der Waals surface area (Å²) in [6.07, 6.45) is 0. The Balaban J connectivity index is 2.30. The van der Waals surface area contributed by atoms with E-state index in [1.807, 2.05) is 6.07 Å². The standard InChI is InChI=1S/C11H14Cl2N2O/c1-16-8-3-2-7(9(12)10(8)13)11(14)6-4-15-5-6/h2-3,6,11,15H,4-5,14H2,1H3. The van der Waals surface area contributed by atoms with Gasteiger partial charge < -0.3 is 15.8 Å². The number of benzene rings is 1. The third kappa shape index (κ3) is 2.00. The van der Waals surface area contributed by atoms with E-state index < -0.39 is 0 Å². The third-order valence-corrected chi connectivity index (χ3v) is 3.86. The van der Waals surface area contributed by atoms with Gasteiger partial charge in [0.15, 0.2) is 0 Å². The molecule has 0 saturated carbocycles. The first kappa shape index (κ1) is 12.0. The van der Waals surface area contributed by atoms with Crippen LogP contribution in [0.15, 0.2) is 12.1 Å². The summed E-state index contributed by atoms with van der Waals surface area (Å²) in [6.45, 7) is 1.86. The van der Waals surface area contributed by atoms with Crippen molar-refractivity contribution in [2.45, 2.75) is 6.04 Å². The molecule has 3 N–H and O–H groups in total. The highest BCUT2D eigenvalue weighted by Crippen LogP contribution is 2.38. The fourth-order valence-corrected chi connectivity index (χ4v) is 2.31. The predicted octanol–water partition coefficient (Wildman–Crippen LogP) is 2.22. The number of methoxy groups -OCH3 is 1. The zero-order valence-corrected chi connectivity index (χ0v) is 10.5. The molecule has 1 unspecified atom stereocenters. The van der Waals surface area contributed by atoms with Crippen molar-refractivity contribution in [3.8, 4) is 5.75 Å². The molecule has 3 nitrogen and oxygen atoms in total. The lowest BCUT2D eigenvalue weighted by Crippen LogP contribution is -2.47. The molecule has 2 rings (SSSR count). The topological polar surface area (TPSA) is 47.3 Å². The minimum atomic E-state index is -0.0721. The maximum atomic E-state index is 6.18. The molecule has 0 spiro atoms. The van der Waals surface area contributed by atoms with E-state index in [-0.39, 0.29) is 6.04 Å². The van der Waals surface area contributed by atoms with Crippen LogP contribution >= 0.6 is 23.2 Å². The van der Waals surface area contributed by atoms with Crippen molar-refractivity contribution in [1.29, 1.82) is 0 Å². The second-order valence-corrected chi connectivity index (χ2v) is 4.69. The highest BCUT2D eigenvalue weighted by atomic mass is 35.5. The van der Waals surface area contributed by atoms with Crippen LogP contribution in [0.1, 0.15) is 11.6 Å². The number of nitrogens with two attached hydrogens (primary N) is 1. The van der Waals surface area contributed by atoms with Crippen molar-refractivity contribution >= 4 is 23.2 Å². The van der Waals surface area contributed by atoms with E-state index in [0.29, 0.717) is 21.7 Å². The average molecular weight is 261 g/mol. The van der Waals surface area contributed by atoms with Crippen molar-refractivity contribution in [3.63, 3.8) is 0 Å². The van der Waals surface area contributed by atoms with Crippen LogP contribution in [0, 0.1) is 5.92 Å². The quantitative estimate of drug-likeness (QED) is 0.877. The van der Waals surface area contributed by atoms with E-state index >= 15 is 0 Å². The van der Waals surface area contributed by atoms with E-state index in [1.54, 1.807) is 13.2 Å². The molecule has 0 aliphatic carbocycles. The van der Waals surface area contributed by atoms with Crippen LogP contribution in [0.5, 0.6) is 5.75 Å². The Kier molecular flexibility index (Phi) is 3.60. The first-order valence-corrected chi connectivity index (χ1v) is 5.89. The molecule has 0 aromatic heterocycles. The molecule has 1 fully saturated rings. The largest absolute Gasteiger partial charge is 0.495 e. The molecule has 1 atom stereocenters. The van der Waals surface area contributed by atoms with Gasteiger partial charge in [0, 0.05) is 25.0 Å². The van der Waals surface area contributed by atoms with Gasteiger partial charge in [-0.05, 0) is 11.6 Å². The molecule has 1 aliphatic heterocycles. The van der Waals surface area contributed by atoms with Crippen molar-refractivity contribution in [1.82, 2.24) is 5.32 Å². The molecule has 0 amide bonds. The second-order valence-electron chi connectivity index (χ2n) is 3.93. The Morgan fingerprint density at radius 3 is 2.56 bits per heavy atom. The van der Waals surface area contributed by atoms with Gasteiger partial charge in [0.25, 0.3) is 0 Å². The van der Waals surface area contributed by atoms with Gasteiger partial charge in [-0.3, -0.25) is 0 Å². The Hall–Kier alpha value is -0.480. The summed E-state index contributed by atoms with van der Waals surface area (Å²) in [4.78, 5) is 0. The van der Waals surface area contributed by atoms with Crippen LogP contribution in [0.2, 0.25) is 10.0 Å². The molecule has 1 aliphatic rings. The molecular formula is C11H14Cl2N2O. The van der Waals surface area contributed by atoms with E-state index in [1.165, 1.54) is 0 Å². The Labute approximate surface area is 105 Å². The second kappa shape index (κ2) is 4.80. The summed E-state index contributed by atoms with van der Waals surface area (Å²) in [7, 11) is 1.56. The number of ether oxygens (including phenoxy) is 1. The van der Waals surface area contributed by atoms with Crippen LogP contribution in [-0.4, -0.2) is 20.2 Å². The molecule has 88 valence electrons. The summed E-state index contributed by atoms with van der Waals surface area (Å²) in [6, 6.07) is 3.61. The number of hydrogen-bond donors (Lipinski definition) is 2. The monoisotopic (exact) mass is 260 g/mol. The van der Waals surface area contributed by atoms with Crippen molar-refractivity contribution < 1.29 is 4.74 Å². The number of hydrogen-bond acceptors (Lipinski definition) is 3. The molecule has 16 heavy (non-hydrogen) atoms. The van der Waals surface area contributed by atoms with Gasteiger partial charge in [-0.15, -0.1) is 0 Å². The Morgan fingerprint density at radius 1 is 1.38 bits per heavy atom. The van der Waals surface area contributed by atoms with Crippen LogP contribution in [0.3, 0.4) is 0 Å². The normalized spacial score (nSPS) is 18.0. The SMILES string of the molecule is COc1ccc(C(N)C2CNC2)c(Cl)c1Cl. The maximum Gasteiger partial charge on any atom is 0.139 e. The number of nitrogens with one attached hydrogen (secondary N) is 1. The fraction of sp³-hybridized carbons (Fsp3) is 0.455. The van der Waals surface area contributed by atoms with Gasteiger partial charge in [0.05, 0.1) is 12.1 Å². The van der Waals surface area contributed by atoms with Gasteiger partial charge in [-0.2, -0.15) is 0 Å². The third-order valence-electron chi connectivity index (χ3n) is 2.98. The lowest BCUT2D eigenvalue weighted by atomic mass is 9.89. The van der Waals surface area contributed by atoms with Crippen LogP contribution < -0.4 is 15.8 Å². The van der Waals surface area contributed by atoms with Crippen molar-refractivity contribution in [3.05, 3.63) is 27.7 Å². The molecule has 1 aromatic rings. The van der Waals surface area contributed by atoms with Gasteiger partial charge in [-0.1, -0.05) is 29.3 Å². The molecular weight excluding hydrogens is 247 g/mol. The first-order valence-electron chi connectivity index (χ1n) is 5.13. The van der Waals surface area contributed by atoms with E-state index in [0.717, 1.165) is 18.7 Å². The number of rotatable bonds is 3. The minimum Gasteiger partial charge on any atom is -0.495 e. The van der Waals surface area contributed by atoms with Gasteiger partial charge >= 0.3 is 0 Å². The lowest BCUT2D eigenvalue weighted by Gasteiger charge is -2.33. The van der Waals surface area contributed by atoms with Gasteiger partial charge in [0.1, 0.15) is 10.8 Å². The maximum absolute atomic E-state index is 6.18. The predicted molar refractivity (Wildman–Crippen MR) is 66.3 cm³/mol. The molecule has 1 saturated heterocycles. The van der Waals surface area contributed by atoms with Gasteiger partial charge in [-0.25, -0.2) is 0 Å². The highest BCUT2D eigenvalue weighted by Gasteiger charge is 2.27. The zero-order valence-electron chi connectivity index (χ0n) is 8.97. The Morgan fingerprint density at radius 2 is 2.06 bits per heavy atom. The van der Waals surface area contributed by atoms with Crippen LogP contribution in [0.25, 0.3) is 0 Å². The molecule has 1 aromatic carbocycles. The Bertz CT molecular complexity index is 394. The molecule has 5 heteroatoms. The summed E-state index contributed by atoms with van der Waals surface area (Å²) in [5.41, 5.74) is 7.03. The van der Waals surface area contributed by atoms with E-state index in [9.17, 15) is 0 Å². The summed E-state index contributed by atoms with van der Waals surface area (Å²) < 4.78 is 5.09. The first-order chi connectivity index (χ1) is 7.65. The van der Waals surface area contributed by atoms with E-state index in [2.05, 4.69) is 5.32 Å². The van der Waals surface area contributed by atoms with Crippen molar-refractivity contribution in [2.75, 3.05) is 20.2 Å². The highest BCUT2D eigenvalue weighted by molar-refractivity contribution is 6.43.